The summed E-state index contributed by atoms with van der Waals surface area (Å²) in [5, 5.41) is 4.99. The van der Waals surface area contributed by atoms with E-state index >= 15 is 0 Å². The number of furan rings is 1. The smallest absolute Gasteiger partial charge is 0.139 e. The Morgan fingerprint density at radius 1 is 0.387 bits per heavy atom. The Kier molecular flexibility index (Phi) is 8.03. The highest BCUT2D eigenvalue weighted by molar-refractivity contribution is 6.10. The van der Waals surface area contributed by atoms with Crippen molar-refractivity contribution in [3.8, 4) is 39.1 Å². The topological polar surface area (TPSA) is 18.1 Å². The average molecular weight is 794 g/mol. The maximum absolute atomic E-state index is 6.61. The zero-order valence-electron chi connectivity index (χ0n) is 34.4. The molecule has 0 bridgehead atoms. The lowest BCUT2D eigenvalue weighted by molar-refractivity contribution is 0.647. The van der Waals surface area contributed by atoms with E-state index in [1.807, 2.05) is 0 Å². The second kappa shape index (κ2) is 14.1. The van der Waals surface area contributed by atoms with Crippen LogP contribution in [0.3, 0.4) is 0 Å². The van der Waals surface area contributed by atoms with Gasteiger partial charge in [0.15, 0.2) is 0 Å². The van der Waals surface area contributed by atoms with Gasteiger partial charge in [-0.1, -0.05) is 152 Å². The molecule has 0 amide bonds. The number of aryl methyl sites for hydroxylation is 2. The minimum atomic E-state index is 0.228. The summed E-state index contributed by atoms with van der Waals surface area (Å²) in [7, 11) is 0. The van der Waals surface area contributed by atoms with Gasteiger partial charge in [0.05, 0.1) is 11.0 Å². The lowest BCUT2D eigenvalue weighted by Gasteiger charge is -2.19. The monoisotopic (exact) mass is 793 g/mol. The predicted molar refractivity (Wildman–Crippen MR) is 258 cm³/mol. The molecule has 0 fully saturated rings. The van der Waals surface area contributed by atoms with E-state index in [-0.39, 0.29) is 11.8 Å². The van der Waals surface area contributed by atoms with Gasteiger partial charge < -0.3 is 8.98 Å². The summed E-state index contributed by atoms with van der Waals surface area (Å²) in [5.41, 5.74) is 21.8. The molecular weight excluding hydrogens is 751 g/mol. The van der Waals surface area contributed by atoms with E-state index in [0.717, 1.165) is 36.8 Å². The minimum absolute atomic E-state index is 0.228. The molecule has 2 unspecified atom stereocenters. The summed E-state index contributed by atoms with van der Waals surface area (Å²) < 4.78 is 9.02. The number of fused-ring (bicyclic) bond motifs is 12. The summed E-state index contributed by atoms with van der Waals surface area (Å²) in [6, 6.07) is 74.7. The van der Waals surface area contributed by atoms with Gasteiger partial charge in [-0.05, 0) is 135 Å². The SMILES string of the molecule is c1ccc(-n2c3ccccc3c3cc(C4CCc5ccc(-c6ccc7c(c6)-c6ccccc6C(c6cccc8c6oc6ccccc68)CC7)cc5-c5ccccc54)ccc32)cc1. The Labute approximate surface area is 361 Å². The lowest BCUT2D eigenvalue weighted by atomic mass is 9.84. The van der Waals surface area contributed by atoms with Crippen molar-refractivity contribution in [3.05, 3.63) is 234 Å². The molecule has 0 saturated heterocycles. The van der Waals surface area contributed by atoms with E-state index in [0.29, 0.717) is 0 Å². The van der Waals surface area contributed by atoms with Crippen LogP contribution in [0.1, 0.15) is 58.1 Å². The molecule has 2 aliphatic carbocycles. The largest absolute Gasteiger partial charge is 0.456 e. The molecule has 9 aromatic carbocycles. The second-order valence-electron chi connectivity index (χ2n) is 17.4. The highest BCUT2D eigenvalue weighted by Gasteiger charge is 2.28. The Morgan fingerprint density at radius 2 is 0.968 bits per heavy atom. The molecule has 13 rings (SSSR count). The van der Waals surface area contributed by atoms with Gasteiger partial charge in [-0.2, -0.15) is 0 Å². The number of hydrogen-bond acceptors (Lipinski definition) is 1. The van der Waals surface area contributed by atoms with Crippen molar-refractivity contribution in [2.75, 3.05) is 0 Å². The van der Waals surface area contributed by atoms with Crippen molar-refractivity contribution in [1.29, 1.82) is 0 Å². The number of para-hydroxylation sites is 4. The van der Waals surface area contributed by atoms with E-state index in [1.54, 1.807) is 0 Å². The van der Waals surface area contributed by atoms with Gasteiger partial charge in [0, 0.05) is 44.6 Å². The zero-order valence-corrected chi connectivity index (χ0v) is 34.4. The lowest BCUT2D eigenvalue weighted by Crippen LogP contribution is -2.02. The molecule has 0 saturated carbocycles. The van der Waals surface area contributed by atoms with Crippen LogP contribution >= 0.6 is 0 Å². The van der Waals surface area contributed by atoms with Crippen LogP contribution in [0.15, 0.2) is 205 Å². The third-order valence-electron chi connectivity index (χ3n) is 14.1. The van der Waals surface area contributed by atoms with Gasteiger partial charge in [0.25, 0.3) is 0 Å². The summed E-state index contributed by atoms with van der Waals surface area (Å²) in [6.45, 7) is 0. The summed E-state index contributed by atoms with van der Waals surface area (Å²) in [4.78, 5) is 0. The van der Waals surface area contributed by atoms with Gasteiger partial charge >= 0.3 is 0 Å². The summed E-state index contributed by atoms with van der Waals surface area (Å²) in [5.74, 6) is 0.513. The van der Waals surface area contributed by atoms with Crippen molar-refractivity contribution in [2.24, 2.45) is 0 Å². The Morgan fingerprint density at radius 3 is 1.73 bits per heavy atom. The van der Waals surface area contributed by atoms with Crippen molar-refractivity contribution in [1.82, 2.24) is 4.57 Å². The Balaban J connectivity index is 0.885. The van der Waals surface area contributed by atoms with Crippen LogP contribution in [0.4, 0.5) is 0 Å². The second-order valence-corrected chi connectivity index (χ2v) is 17.4. The molecule has 294 valence electrons. The fourth-order valence-electron chi connectivity index (χ4n) is 11.2. The molecule has 62 heavy (non-hydrogen) atoms. The molecule has 2 atom stereocenters. The van der Waals surface area contributed by atoms with Gasteiger partial charge in [-0.3, -0.25) is 0 Å². The maximum Gasteiger partial charge on any atom is 0.139 e. The van der Waals surface area contributed by atoms with E-state index in [9.17, 15) is 0 Å². The van der Waals surface area contributed by atoms with Crippen LogP contribution in [-0.2, 0) is 12.8 Å². The van der Waals surface area contributed by atoms with Crippen LogP contribution in [-0.4, -0.2) is 4.57 Å². The fourth-order valence-corrected chi connectivity index (χ4v) is 11.2. The average Bonchev–Trinajstić information content (AvgIpc) is 3.76. The van der Waals surface area contributed by atoms with E-state index in [4.69, 9.17) is 4.42 Å². The van der Waals surface area contributed by atoms with Crippen molar-refractivity contribution >= 4 is 43.7 Å². The van der Waals surface area contributed by atoms with Crippen molar-refractivity contribution < 1.29 is 4.42 Å². The van der Waals surface area contributed by atoms with Crippen LogP contribution in [0, 0.1) is 0 Å². The minimum Gasteiger partial charge on any atom is -0.456 e. The first-order valence-electron chi connectivity index (χ1n) is 22.2. The predicted octanol–water partition coefficient (Wildman–Crippen LogP) is 15.8. The number of aromatic nitrogens is 1. The zero-order chi connectivity index (χ0) is 40.7. The summed E-state index contributed by atoms with van der Waals surface area (Å²) in [6.07, 6.45) is 4.11. The summed E-state index contributed by atoms with van der Waals surface area (Å²) >= 11 is 0. The maximum atomic E-state index is 6.61. The number of nitrogens with zero attached hydrogens (tertiary/aromatic N) is 1. The van der Waals surface area contributed by atoms with Crippen molar-refractivity contribution in [3.63, 3.8) is 0 Å². The molecule has 0 N–H and O–H groups in total. The standard InChI is InChI=1S/C60H43NO/c1-2-13-43(14-3-1)61-57-23-10-8-19-50(57)56-37-42(31-34-58(56)61)44-32-29-38-25-27-40(35-54(38)47-17-6-4-15-45(44)47)41-28-26-39-30-33-49(46-16-5-7-18-48(46)55(39)36-41)52-21-12-22-53-51-20-9-11-24-59(51)62-60(52)53/h1-28,31,34-37,44,49H,29-30,32-33H2. The third kappa shape index (κ3) is 5.49. The first-order valence-corrected chi connectivity index (χ1v) is 22.2. The van der Waals surface area contributed by atoms with Gasteiger partial charge in [-0.25, -0.2) is 0 Å². The highest BCUT2D eigenvalue weighted by Crippen LogP contribution is 2.47. The molecule has 0 spiro atoms. The molecule has 11 aromatic rings. The number of benzene rings is 9. The van der Waals surface area contributed by atoms with Crippen LogP contribution in [0.2, 0.25) is 0 Å². The quantitative estimate of drug-likeness (QED) is 0.174. The normalized spacial score (nSPS) is 15.8. The number of hydrogen-bond donors (Lipinski definition) is 0. The van der Waals surface area contributed by atoms with Gasteiger partial charge in [0.1, 0.15) is 11.2 Å². The van der Waals surface area contributed by atoms with E-state index < -0.39 is 0 Å². The van der Waals surface area contributed by atoms with E-state index in [1.165, 1.54) is 105 Å². The first-order chi connectivity index (χ1) is 30.7. The third-order valence-corrected chi connectivity index (χ3v) is 14.1. The number of rotatable bonds is 4. The Bertz CT molecular complexity index is 3550. The highest BCUT2D eigenvalue weighted by atomic mass is 16.3. The van der Waals surface area contributed by atoms with Crippen LogP contribution in [0.5, 0.6) is 0 Å². The molecular formula is C60H43NO. The Hall–Kier alpha value is -7.42. The van der Waals surface area contributed by atoms with Crippen LogP contribution in [0.25, 0.3) is 82.8 Å². The van der Waals surface area contributed by atoms with Gasteiger partial charge in [-0.15, -0.1) is 0 Å². The molecule has 0 aliphatic heterocycles. The molecule has 2 heterocycles. The van der Waals surface area contributed by atoms with E-state index in [2.05, 4.69) is 205 Å². The first kappa shape index (κ1) is 35.3. The molecule has 2 nitrogen and oxygen atoms in total. The molecule has 2 heteroatoms. The molecule has 2 aliphatic rings. The molecule has 0 radical (unpaired) electrons. The molecule has 2 aromatic heterocycles. The van der Waals surface area contributed by atoms with Crippen molar-refractivity contribution in [2.45, 2.75) is 37.5 Å². The fraction of sp³-hybridized carbons (Fsp3) is 0.100. The van der Waals surface area contributed by atoms with Crippen LogP contribution < -0.4 is 0 Å². The van der Waals surface area contributed by atoms with Gasteiger partial charge in [0.2, 0.25) is 0 Å².